The molecule has 0 aliphatic heterocycles. The number of rotatable bonds is 3. The molecule has 0 fully saturated rings. The van der Waals surface area contributed by atoms with E-state index in [4.69, 9.17) is 0 Å². The van der Waals surface area contributed by atoms with E-state index in [2.05, 4.69) is 25.6 Å². The van der Waals surface area contributed by atoms with Crippen LogP contribution in [-0.4, -0.2) is 18.5 Å². The first kappa shape index (κ1) is 13.8. The zero-order valence-corrected chi connectivity index (χ0v) is 12.4. The van der Waals surface area contributed by atoms with E-state index in [0.717, 1.165) is 0 Å². The molecular weight excluding hydrogens is 332 g/mol. The fraction of sp³-hybridized carbons (Fsp3) is 0.0833. The second kappa shape index (κ2) is 5.18. The molecule has 0 bridgehead atoms. The quantitative estimate of drug-likeness (QED) is 0.840. The number of nitrogens with zero attached hydrogens (tertiary/aromatic N) is 1. The van der Waals surface area contributed by atoms with Gasteiger partial charge in [0, 0.05) is 22.6 Å². The van der Waals surface area contributed by atoms with Gasteiger partial charge >= 0.3 is 0 Å². The van der Waals surface area contributed by atoms with Gasteiger partial charge < -0.3 is 5.11 Å². The Hall–Kier alpha value is -1.60. The predicted molar refractivity (Wildman–Crippen MR) is 75.6 cm³/mol. The molecule has 0 spiro atoms. The van der Waals surface area contributed by atoms with Crippen LogP contribution in [0.2, 0.25) is 0 Å². The Morgan fingerprint density at radius 3 is 2.63 bits per heavy atom. The Bertz CT molecular complexity index is 717. The van der Waals surface area contributed by atoms with Crippen LogP contribution in [0, 0.1) is 6.92 Å². The lowest BCUT2D eigenvalue weighted by atomic mass is 10.2. The van der Waals surface area contributed by atoms with E-state index in [0.29, 0.717) is 15.7 Å². The Labute approximate surface area is 119 Å². The van der Waals surface area contributed by atoms with Crippen molar-refractivity contribution in [3.8, 4) is 5.75 Å². The summed E-state index contributed by atoms with van der Waals surface area (Å²) in [5, 5.41) is 9.40. The number of phenols is 1. The molecule has 0 atom stereocenters. The molecule has 0 saturated carbocycles. The highest BCUT2D eigenvalue weighted by atomic mass is 79.9. The van der Waals surface area contributed by atoms with Gasteiger partial charge in [-0.15, -0.1) is 0 Å². The van der Waals surface area contributed by atoms with E-state index < -0.39 is 10.0 Å². The van der Waals surface area contributed by atoms with Crippen molar-refractivity contribution in [1.82, 2.24) is 4.98 Å². The first-order valence-corrected chi connectivity index (χ1v) is 7.59. The SMILES string of the molecule is Cc1cc(NS(=O)(=O)c2cncc(Br)c2)ccc1O. The van der Waals surface area contributed by atoms with Gasteiger partial charge in [-0.25, -0.2) is 8.42 Å². The largest absolute Gasteiger partial charge is 0.508 e. The Morgan fingerprint density at radius 1 is 1.26 bits per heavy atom. The number of aryl methyl sites for hydroxylation is 1. The molecular formula is C12H11BrN2O3S. The number of hydrogen-bond acceptors (Lipinski definition) is 4. The summed E-state index contributed by atoms with van der Waals surface area (Å²) < 4.78 is 27.2. The van der Waals surface area contributed by atoms with Gasteiger partial charge in [-0.2, -0.15) is 0 Å². The topological polar surface area (TPSA) is 79.3 Å². The molecule has 0 amide bonds. The lowest BCUT2D eigenvalue weighted by Crippen LogP contribution is -2.13. The van der Waals surface area contributed by atoms with Crippen LogP contribution in [-0.2, 0) is 10.0 Å². The Kier molecular flexibility index (Phi) is 3.77. The highest BCUT2D eigenvalue weighted by Gasteiger charge is 2.15. The fourth-order valence-electron chi connectivity index (χ4n) is 1.47. The van der Waals surface area contributed by atoms with E-state index in [1.807, 2.05) is 0 Å². The monoisotopic (exact) mass is 342 g/mol. The van der Waals surface area contributed by atoms with Gasteiger partial charge in [0.25, 0.3) is 10.0 Å². The van der Waals surface area contributed by atoms with Gasteiger partial charge in [0.2, 0.25) is 0 Å². The average molecular weight is 343 g/mol. The number of sulfonamides is 1. The maximum Gasteiger partial charge on any atom is 0.263 e. The molecule has 7 heteroatoms. The Morgan fingerprint density at radius 2 is 2.00 bits per heavy atom. The van der Waals surface area contributed by atoms with Crippen LogP contribution in [0.5, 0.6) is 5.75 Å². The maximum absolute atomic E-state index is 12.1. The van der Waals surface area contributed by atoms with Crippen LogP contribution >= 0.6 is 15.9 Å². The van der Waals surface area contributed by atoms with E-state index in [9.17, 15) is 13.5 Å². The zero-order valence-electron chi connectivity index (χ0n) is 9.96. The standard InChI is InChI=1S/C12H11BrN2O3S/c1-8-4-10(2-3-12(8)16)15-19(17,18)11-5-9(13)6-14-7-11/h2-7,15-16H,1H3. The summed E-state index contributed by atoms with van der Waals surface area (Å²) in [4.78, 5) is 3.88. The summed E-state index contributed by atoms with van der Waals surface area (Å²) in [7, 11) is -3.69. The number of benzene rings is 1. The lowest BCUT2D eigenvalue weighted by molar-refractivity contribution is 0.471. The maximum atomic E-state index is 12.1. The summed E-state index contributed by atoms with van der Waals surface area (Å²) in [5.74, 6) is 0.118. The van der Waals surface area contributed by atoms with E-state index >= 15 is 0 Å². The number of pyridine rings is 1. The fourth-order valence-corrected chi connectivity index (χ4v) is 3.03. The number of hydrogen-bond donors (Lipinski definition) is 2. The van der Waals surface area contributed by atoms with Crippen LogP contribution < -0.4 is 4.72 Å². The molecule has 19 heavy (non-hydrogen) atoms. The van der Waals surface area contributed by atoms with Gasteiger partial charge in [-0.3, -0.25) is 9.71 Å². The summed E-state index contributed by atoms with van der Waals surface area (Å²) in [6.45, 7) is 1.69. The number of aromatic hydroxyl groups is 1. The number of nitrogens with one attached hydrogen (secondary N) is 1. The van der Waals surface area contributed by atoms with Gasteiger partial charge in [0.1, 0.15) is 10.6 Å². The first-order valence-electron chi connectivity index (χ1n) is 5.31. The summed E-state index contributed by atoms with van der Waals surface area (Å²) in [6, 6.07) is 5.94. The van der Waals surface area contributed by atoms with Crippen molar-refractivity contribution in [1.29, 1.82) is 0 Å². The van der Waals surface area contributed by atoms with Crippen molar-refractivity contribution in [2.75, 3.05) is 4.72 Å². The molecule has 100 valence electrons. The normalized spacial score (nSPS) is 11.3. The number of anilines is 1. The third kappa shape index (κ3) is 3.24. The van der Waals surface area contributed by atoms with E-state index in [1.54, 1.807) is 13.0 Å². The molecule has 2 rings (SSSR count). The predicted octanol–water partition coefficient (Wildman–Crippen LogP) is 2.66. The minimum absolute atomic E-state index is 0.0626. The second-order valence-electron chi connectivity index (χ2n) is 3.95. The summed E-state index contributed by atoms with van der Waals surface area (Å²) in [6.07, 6.45) is 2.77. The zero-order chi connectivity index (χ0) is 14.0. The van der Waals surface area contributed by atoms with Crippen molar-refractivity contribution in [2.45, 2.75) is 11.8 Å². The van der Waals surface area contributed by atoms with Crippen LogP contribution in [0.3, 0.4) is 0 Å². The van der Waals surface area contributed by atoms with Gasteiger partial charge in [0.15, 0.2) is 0 Å². The minimum Gasteiger partial charge on any atom is -0.508 e. The van der Waals surface area contributed by atoms with Crippen LogP contribution in [0.4, 0.5) is 5.69 Å². The molecule has 2 N–H and O–H groups in total. The molecule has 0 saturated heterocycles. The van der Waals surface area contributed by atoms with Crippen LogP contribution in [0.1, 0.15) is 5.56 Å². The molecule has 5 nitrogen and oxygen atoms in total. The third-order valence-electron chi connectivity index (χ3n) is 2.44. The van der Waals surface area contributed by atoms with Crippen LogP contribution in [0.25, 0.3) is 0 Å². The molecule has 2 aromatic rings. The molecule has 0 radical (unpaired) electrons. The van der Waals surface area contributed by atoms with Crippen molar-refractivity contribution in [3.05, 3.63) is 46.7 Å². The van der Waals surface area contributed by atoms with Crippen molar-refractivity contribution in [3.63, 3.8) is 0 Å². The van der Waals surface area contributed by atoms with Crippen molar-refractivity contribution in [2.24, 2.45) is 0 Å². The highest BCUT2D eigenvalue weighted by Crippen LogP contribution is 2.23. The number of halogens is 1. The average Bonchev–Trinajstić information content (AvgIpc) is 2.33. The molecule has 1 aromatic heterocycles. The van der Waals surface area contributed by atoms with Crippen molar-refractivity contribution < 1.29 is 13.5 Å². The van der Waals surface area contributed by atoms with Gasteiger partial charge in [0.05, 0.1) is 0 Å². The number of aromatic nitrogens is 1. The van der Waals surface area contributed by atoms with Crippen LogP contribution in [0.15, 0.2) is 46.0 Å². The highest BCUT2D eigenvalue weighted by molar-refractivity contribution is 9.10. The number of phenolic OH excluding ortho intramolecular Hbond substituents is 1. The smallest absolute Gasteiger partial charge is 0.263 e. The van der Waals surface area contributed by atoms with E-state index in [-0.39, 0.29) is 10.6 Å². The van der Waals surface area contributed by atoms with Crippen molar-refractivity contribution >= 4 is 31.6 Å². The van der Waals surface area contributed by atoms with Gasteiger partial charge in [-0.05, 0) is 52.7 Å². The first-order chi connectivity index (χ1) is 8.88. The summed E-state index contributed by atoms with van der Waals surface area (Å²) >= 11 is 3.17. The molecule has 0 unspecified atom stereocenters. The third-order valence-corrected chi connectivity index (χ3v) is 4.22. The van der Waals surface area contributed by atoms with Gasteiger partial charge in [-0.1, -0.05) is 0 Å². The second-order valence-corrected chi connectivity index (χ2v) is 6.54. The van der Waals surface area contributed by atoms with E-state index in [1.165, 1.54) is 30.6 Å². The molecule has 1 aromatic carbocycles. The molecule has 1 heterocycles. The minimum atomic E-state index is -3.69. The lowest BCUT2D eigenvalue weighted by Gasteiger charge is -2.09. The summed E-state index contributed by atoms with van der Waals surface area (Å²) in [5.41, 5.74) is 0.975. The molecule has 0 aliphatic carbocycles. The molecule has 0 aliphatic rings. The Balaban J connectivity index is 2.33.